The van der Waals surface area contributed by atoms with Crippen molar-refractivity contribution in [3.05, 3.63) is 71.8 Å². The Hall–Kier alpha value is -2.13. The summed E-state index contributed by atoms with van der Waals surface area (Å²) in [7, 11) is 0. The number of carbonyl (C=O) groups excluding carboxylic acids is 1. The summed E-state index contributed by atoms with van der Waals surface area (Å²) in [6.45, 7) is 4.09. The number of hydrogen-bond acceptors (Lipinski definition) is 3. The van der Waals surface area contributed by atoms with E-state index in [4.69, 9.17) is 4.74 Å². The van der Waals surface area contributed by atoms with Gasteiger partial charge in [-0.1, -0.05) is 60.7 Å². The monoisotopic (exact) mass is 323 g/mol. The Kier molecular flexibility index (Phi) is 5.65. The van der Waals surface area contributed by atoms with E-state index in [0.29, 0.717) is 6.61 Å². The summed E-state index contributed by atoms with van der Waals surface area (Å²) in [5.41, 5.74) is 2.54. The normalized spacial score (nSPS) is 18.5. The average molecular weight is 323 g/mol. The highest BCUT2D eigenvalue weighted by Crippen LogP contribution is 2.32. The zero-order chi connectivity index (χ0) is 16.8. The minimum absolute atomic E-state index is 0.0198. The van der Waals surface area contributed by atoms with Crippen LogP contribution in [0.25, 0.3) is 0 Å². The van der Waals surface area contributed by atoms with Crippen molar-refractivity contribution in [3.63, 3.8) is 0 Å². The third kappa shape index (κ3) is 3.85. The number of rotatable bonds is 5. The summed E-state index contributed by atoms with van der Waals surface area (Å²) in [5.74, 6) is -0.0734. The SMILES string of the molecule is CCOC(=O)C1CCCN(C(c2ccccc2)c2ccccc2)C1. The minimum atomic E-state index is -0.0536. The zero-order valence-electron chi connectivity index (χ0n) is 14.2. The molecule has 1 aliphatic heterocycles. The second-order valence-electron chi connectivity index (χ2n) is 6.31. The van der Waals surface area contributed by atoms with E-state index in [-0.39, 0.29) is 17.9 Å². The van der Waals surface area contributed by atoms with Gasteiger partial charge < -0.3 is 4.74 Å². The molecule has 24 heavy (non-hydrogen) atoms. The van der Waals surface area contributed by atoms with Gasteiger partial charge in [0.1, 0.15) is 0 Å². The predicted molar refractivity (Wildman–Crippen MR) is 95.7 cm³/mol. The van der Waals surface area contributed by atoms with Crippen LogP contribution in [0.1, 0.15) is 36.9 Å². The standard InChI is InChI=1S/C21H25NO2/c1-2-24-21(23)19-14-9-15-22(16-19)20(17-10-5-3-6-11-17)18-12-7-4-8-13-18/h3-8,10-13,19-20H,2,9,14-16H2,1H3. The molecule has 0 aliphatic carbocycles. The number of esters is 1. The number of hydrogen-bond donors (Lipinski definition) is 0. The summed E-state index contributed by atoms with van der Waals surface area (Å²) < 4.78 is 5.26. The second-order valence-corrected chi connectivity index (χ2v) is 6.31. The molecular weight excluding hydrogens is 298 g/mol. The van der Waals surface area contributed by atoms with Crippen molar-refractivity contribution >= 4 is 5.97 Å². The smallest absolute Gasteiger partial charge is 0.310 e. The van der Waals surface area contributed by atoms with Crippen LogP contribution in [0.3, 0.4) is 0 Å². The fourth-order valence-corrected chi connectivity index (χ4v) is 3.58. The van der Waals surface area contributed by atoms with E-state index in [2.05, 4.69) is 53.4 Å². The Morgan fingerprint density at radius 2 is 1.67 bits per heavy atom. The van der Waals surface area contributed by atoms with Crippen LogP contribution in [0.5, 0.6) is 0 Å². The lowest BCUT2D eigenvalue weighted by atomic mass is 9.91. The molecule has 1 aliphatic rings. The van der Waals surface area contributed by atoms with Crippen molar-refractivity contribution in [2.24, 2.45) is 5.92 Å². The van der Waals surface area contributed by atoms with Gasteiger partial charge in [-0.3, -0.25) is 9.69 Å². The first-order chi connectivity index (χ1) is 11.8. The Bertz CT molecular complexity index is 602. The predicted octanol–water partition coefficient (Wildman–Crippen LogP) is 4.05. The van der Waals surface area contributed by atoms with Gasteiger partial charge in [0, 0.05) is 6.54 Å². The van der Waals surface area contributed by atoms with E-state index in [1.807, 2.05) is 19.1 Å². The van der Waals surface area contributed by atoms with Crippen LogP contribution >= 0.6 is 0 Å². The van der Waals surface area contributed by atoms with Gasteiger partial charge in [0.25, 0.3) is 0 Å². The summed E-state index contributed by atoms with van der Waals surface area (Å²) in [4.78, 5) is 14.6. The van der Waals surface area contributed by atoms with Gasteiger partial charge in [0.2, 0.25) is 0 Å². The Balaban J connectivity index is 1.87. The maximum absolute atomic E-state index is 12.2. The largest absolute Gasteiger partial charge is 0.466 e. The van der Waals surface area contributed by atoms with Gasteiger partial charge >= 0.3 is 5.97 Å². The second kappa shape index (κ2) is 8.11. The molecule has 0 N–H and O–H groups in total. The average Bonchev–Trinajstić information content (AvgIpc) is 2.64. The first kappa shape index (κ1) is 16.7. The van der Waals surface area contributed by atoms with Gasteiger partial charge in [-0.2, -0.15) is 0 Å². The summed E-state index contributed by atoms with van der Waals surface area (Å²) in [5, 5.41) is 0. The molecule has 2 aromatic carbocycles. The van der Waals surface area contributed by atoms with E-state index < -0.39 is 0 Å². The molecule has 0 spiro atoms. The lowest BCUT2D eigenvalue weighted by Crippen LogP contribution is -2.41. The highest BCUT2D eigenvalue weighted by molar-refractivity contribution is 5.72. The highest BCUT2D eigenvalue weighted by atomic mass is 16.5. The van der Waals surface area contributed by atoms with Gasteiger partial charge in [-0.15, -0.1) is 0 Å². The summed E-state index contributed by atoms with van der Waals surface area (Å²) >= 11 is 0. The molecule has 0 amide bonds. The van der Waals surface area contributed by atoms with Gasteiger partial charge in [-0.05, 0) is 37.4 Å². The lowest BCUT2D eigenvalue weighted by Gasteiger charge is -2.38. The first-order valence-corrected chi connectivity index (χ1v) is 8.80. The highest BCUT2D eigenvalue weighted by Gasteiger charge is 2.31. The molecular formula is C21H25NO2. The van der Waals surface area contributed by atoms with Crippen molar-refractivity contribution in [2.45, 2.75) is 25.8 Å². The molecule has 2 aromatic rings. The van der Waals surface area contributed by atoms with E-state index in [1.54, 1.807) is 0 Å². The third-order valence-corrected chi connectivity index (χ3v) is 4.67. The van der Waals surface area contributed by atoms with Crippen LogP contribution in [0, 0.1) is 5.92 Å². The number of nitrogens with zero attached hydrogens (tertiary/aromatic N) is 1. The van der Waals surface area contributed by atoms with Crippen LogP contribution < -0.4 is 0 Å². The molecule has 1 heterocycles. The molecule has 3 rings (SSSR count). The van der Waals surface area contributed by atoms with Gasteiger partial charge in [0.05, 0.1) is 18.6 Å². The quantitative estimate of drug-likeness (QED) is 0.778. The van der Waals surface area contributed by atoms with Crippen LogP contribution in [0.2, 0.25) is 0 Å². The van der Waals surface area contributed by atoms with E-state index in [1.165, 1.54) is 11.1 Å². The van der Waals surface area contributed by atoms with Crippen LogP contribution in [0.4, 0.5) is 0 Å². The first-order valence-electron chi connectivity index (χ1n) is 8.80. The molecule has 0 radical (unpaired) electrons. The number of benzene rings is 2. The van der Waals surface area contributed by atoms with Crippen LogP contribution in [-0.4, -0.2) is 30.6 Å². The van der Waals surface area contributed by atoms with Crippen molar-refractivity contribution in [1.82, 2.24) is 4.90 Å². The maximum atomic E-state index is 12.2. The lowest BCUT2D eigenvalue weighted by molar-refractivity contribution is -0.150. The van der Waals surface area contributed by atoms with E-state index >= 15 is 0 Å². The molecule has 1 atom stereocenters. The van der Waals surface area contributed by atoms with Gasteiger partial charge in [0.15, 0.2) is 0 Å². The molecule has 1 saturated heterocycles. The molecule has 1 fully saturated rings. The number of ether oxygens (including phenoxy) is 1. The fourth-order valence-electron chi connectivity index (χ4n) is 3.58. The molecule has 3 heteroatoms. The minimum Gasteiger partial charge on any atom is -0.466 e. The van der Waals surface area contributed by atoms with E-state index in [9.17, 15) is 4.79 Å². The number of likely N-dealkylation sites (tertiary alicyclic amines) is 1. The fraction of sp³-hybridized carbons (Fsp3) is 0.381. The number of carbonyl (C=O) groups is 1. The van der Waals surface area contributed by atoms with Crippen LogP contribution in [-0.2, 0) is 9.53 Å². The van der Waals surface area contributed by atoms with Crippen molar-refractivity contribution in [1.29, 1.82) is 0 Å². The molecule has 3 nitrogen and oxygen atoms in total. The molecule has 0 aromatic heterocycles. The Morgan fingerprint density at radius 1 is 1.08 bits per heavy atom. The van der Waals surface area contributed by atoms with E-state index in [0.717, 1.165) is 25.9 Å². The number of piperidine rings is 1. The summed E-state index contributed by atoms with van der Waals surface area (Å²) in [6.07, 6.45) is 1.95. The summed E-state index contributed by atoms with van der Waals surface area (Å²) in [6, 6.07) is 21.3. The molecule has 1 unspecified atom stereocenters. The van der Waals surface area contributed by atoms with Gasteiger partial charge in [-0.25, -0.2) is 0 Å². The van der Waals surface area contributed by atoms with Crippen LogP contribution in [0.15, 0.2) is 60.7 Å². The molecule has 0 bridgehead atoms. The van der Waals surface area contributed by atoms with Crippen molar-refractivity contribution in [3.8, 4) is 0 Å². The van der Waals surface area contributed by atoms with Crippen molar-refractivity contribution in [2.75, 3.05) is 19.7 Å². The Labute approximate surface area is 144 Å². The topological polar surface area (TPSA) is 29.5 Å². The maximum Gasteiger partial charge on any atom is 0.310 e. The Morgan fingerprint density at radius 3 is 2.21 bits per heavy atom. The van der Waals surface area contributed by atoms with Crippen molar-refractivity contribution < 1.29 is 9.53 Å². The zero-order valence-corrected chi connectivity index (χ0v) is 14.2. The molecule has 126 valence electrons. The molecule has 0 saturated carbocycles. The third-order valence-electron chi connectivity index (χ3n) is 4.67.